The topological polar surface area (TPSA) is 50.4 Å². The lowest BCUT2D eigenvalue weighted by atomic mass is 10.1. The van der Waals surface area contributed by atoms with E-state index >= 15 is 0 Å². The average Bonchev–Trinajstić information content (AvgIpc) is 3.41. The predicted molar refractivity (Wildman–Crippen MR) is 95.1 cm³/mol. The minimum atomic E-state index is -0.0222. The zero-order valence-corrected chi connectivity index (χ0v) is 14.0. The summed E-state index contributed by atoms with van der Waals surface area (Å²) in [6.45, 7) is 3.33. The minimum Gasteiger partial charge on any atom is -0.457 e. The molecule has 1 aliphatic carbocycles. The quantitative estimate of drug-likeness (QED) is 0.779. The molecule has 0 bridgehead atoms. The zero-order valence-electron chi connectivity index (χ0n) is 14.0. The van der Waals surface area contributed by atoms with Crippen molar-refractivity contribution in [2.45, 2.75) is 25.8 Å². The van der Waals surface area contributed by atoms with Gasteiger partial charge in [0.1, 0.15) is 11.5 Å². The monoisotopic (exact) mass is 324 g/mol. The smallest absolute Gasteiger partial charge is 0.234 e. The Balaban J connectivity index is 1.47. The molecule has 0 saturated heterocycles. The van der Waals surface area contributed by atoms with Crippen LogP contribution in [0, 0.1) is 5.92 Å². The average molecular weight is 324 g/mol. The summed E-state index contributed by atoms with van der Waals surface area (Å²) in [5.74, 6) is 2.42. The molecule has 0 heterocycles. The third kappa shape index (κ3) is 5.10. The minimum absolute atomic E-state index is 0.0222. The van der Waals surface area contributed by atoms with Crippen LogP contribution in [0.2, 0.25) is 0 Å². The Kier molecular flexibility index (Phi) is 5.49. The van der Waals surface area contributed by atoms with Crippen LogP contribution in [0.25, 0.3) is 0 Å². The number of rotatable bonds is 8. The van der Waals surface area contributed by atoms with Crippen LogP contribution in [0.15, 0.2) is 54.6 Å². The van der Waals surface area contributed by atoms with Crippen molar-refractivity contribution in [3.8, 4) is 11.5 Å². The third-order valence-corrected chi connectivity index (χ3v) is 4.15. The number of para-hydroxylation sites is 1. The molecular formula is C20H24N2O2. The van der Waals surface area contributed by atoms with Crippen molar-refractivity contribution in [3.05, 3.63) is 60.2 Å². The maximum Gasteiger partial charge on any atom is 0.234 e. The molecule has 0 radical (unpaired) electrons. The second kappa shape index (κ2) is 7.97. The number of nitrogens with one attached hydrogen (secondary N) is 2. The van der Waals surface area contributed by atoms with E-state index in [2.05, 4.69) is 10.6 Å². The van der Waals surface area contributed by atoms with E-state index in [0.29, 0.717) is 6.54 Å². The molecule has 1 fully saturated rings. The number of carbonyl (C=O) groups is 1. The summed E-state index contributed by atoms with van der Waals surface area (Å²) in [5.41, 5.74) is 1.06. The van der Waals surface area contributed by atoms with Crippen molar-refractivity contribution in [2.75, 3.05) is 13.1 Å². The van der Waals surface area contributed by atoms with E-state index in [9.17, 15) is 4.79 Å². The summed E-state index contributed by atoms with van der Waals surface area (Å²) in [5, 5.41) is 6.23. The molecular weight excluding hydrogens is 300 g/mol. The fraction of sp³-hybridized carbons (Fsp3) is 0.350. The largest absolute Gasteiger partial charge is 0.457 e. The SMILES string of the molecule is CC(NC(=O)CNCC1CC1)c1ccc(Oc2ccccc2)cc1. The van der Waals surface area contributed by atoms with Crippen molar-refractivity contribution in [1.82, 2.24) is 10.6 Å². The van der Waals surface area contributed by atoms with Crippen LogP contribution >= 0.6 is 0 Å². The van der Waals surface area contributed by atoms with E-state index in [1.54, 1.807) is 0 Å². The molecule has 1 atom stereocenters. The van der Waals surface area contributed by atoms with E-state index in [1.807, 2.05) is 61.5 Å². The highest BCUT2D eigenvalue weighted by atomic mass is 16.5. The Morgan fingerprint density at radius 3 is 2.42 bits per heavy atom. The summed E-state index contributed by atoms with van der Waals surface area (Å²) >= 11 is 0. The first-order chi connectivity index (χ1) is 11.7. The van der Waals surface area contributed by atoms with Gasteiger partial charge in [0.15, 0.2) is 0 Å². The lowest BCUT2D eigenvalue weighted by Crippen LogP contribution is -2.36. The Morgan fingerprint density at radius 2 is 1.75 bits per heavy atom. The molecule has 0 aliphatic heterocycles. The zero-order chi connectivity index (χ0) is 16.8. The van der Waals surface area contributed by atoms with Gasteiger partial charge in [-0.15, -0.1) is 0 Å². The molecule has 126 valence electrons. The Labute approximate surface area is 143 Å². The van der Waals surface area contributed by atoms with Gasteiger partial charge in [-0.3, -0.25) is 4.79 Å². The molecule has 3 rings (SSSR count). The highest BCUT2D eigenvalue weighted by Gasteiger charge is 2.20. The standard InChI is InChI=1S/C20H24N2O2/c1-15(22-20(23)14-21-13-16-7-8-16)17-9-11-19(12-10-17)24-18-5-3-2-4-6-18/h2-6,9-12,15-16,21H,7-8,13-14H2,1H3,(H,22,23). The highest BCUT2D eigenvalue weighted by molar-refractivity contribution is 5.78. The molecule has 0 spiro atoms. The summed E-state index contributed by atoms with van der Waals surface area (Å²) in [4.78, 5) is 11.9. The van der Waals surface area contributed by atoms with Crippen LogP contribution in [0.3, 0.4) is 0 Å². The molecule has 2 aromatic carbocycles. The molecule has 24 heavy (non-hydrogen) atoms. The predicted octanol–water partition coefficient (Wildman–Crippen LogP) is 3.66. The van der Waals surface area contributed by atoms with Crippen LogP contribution in [0.4, 0.5) is 0 Å². The van der Waals surface area contributed by atoms with Crippen molar-refractivity contribution in [2.24, 2.45) is 5.92 Å². The number of ether oxygens (including phenoxy) is 1. The van der Waals surface area contributed by atoms with Gasteiger partial charge in [0.05, 0.1) is 12.6 Å². The van der Waals surface area contributed by atoms with Crippen molar-refractivity contribution in [1.29, 1.82) is 0 Å². The molecule has 1 aliphatic rings. The van der Waals surface area contributed by atoms with Crippen LogP contribution in [0.5, 0.6) is 11.5 Å². The fourth-order valence-corrected chi connectivity index (χ4v) is 2.54. The number of hydrogen-bond acceptors (Lipinski definition) is 3. The van der Waals surface area contributed by atoms with Gasteiger partial charge >= 0.3 is 0 Å². The normalized spacial score (nSPS) is 14.9. The van der Waals surface area contributed by atoms with Crippen molar-refractivity contribution < 1.29 is 9.53 Å². The van der Waals surface area contributed by atoms with Gasteiger partial charge in [0, 0.05) is 0 Å². The van der Waals surface area contributed by atoms with Crippen molar-refractivity contribution in [3.63, 3.8) is 0 Å². The van der Waals surface area contributed by atoms with Gasteiger partial charge in [-0.25, -0.2) is 0 Å². The van der Waals surface area contributed by atoms with E-state index < -0.39 is 0 Å². The third-order valence-electron chi connectivity index (χ3n) is 4.15. The van der Waals surface area contributed by atoms with Gasteiger partial charge in [-0.2, -0.15) is 0 Å². The van der Waals surface area contributed by atoms with Gasteiger partial charge in [-0.1, -0.05) is 30.3 Å². The van der Waals surface area contributed by atoms with E-state index in [-0.39, 0.29) is 11.9 Å². The van der Waals surface area contributed by atoms with Gasteiger partial charge < -0.3 is 15.4 Å². The molecule has 1 unspecified atom stereocenters. The lowest BCUT2D eigenvalue weighted by molar-refractivity contribution is -0.120. The second-order valence-corrected chi connectivity index (χ2v) is 6.35. The Bertz CT molecular complexity index is 651. The molecule has 1 saturated carbocycles. The lowest BCUT2D eigenvalue weighted by Gasteiger charge is -2.15. The molecule has 2 N–H and O–H groups in total. The first kappa shape index (κ1) is 16.5. The second-order valence-electron chi connectivity index (χ2n) is 6.35. The first-order valence-corrected chi connectivity index (χ1v) is 8.53. The summed E-state index contributed by atoms with van der Waals surface area (Å²) in [6.07, 6.45) is 2.59. The number of carbonyl (C=O) groups excluding carboxylic acids is 1. The molecule has 1 amide bonds. The maximum absolute atomic E-state index is 11.9. The molecule has 0 aromatic heterocycles. The van der Waals surface area contributed by atoms with Crippen LogP contribution in [-0.2, 0) is 4.79 Å². The molecule has 4 heteroatoms. The highest BCUT2D eigenvalue weighted by Crippen LogP contribution is 2.27. The van der Waals surface area contributed by atoms with Crippen LogP contribution in [-0.4, -0.2) is 19.0 Å². The van der Waals surface area contributed by atoms with E-state index in [1.165, 1.54) is 12.8 Å². The number of hydrogen-bond donors (Lipinski definition) is 2. The van der Waals surface area contributed by atoms with Crippen LogP contribution < -0.4 is 15.4 Å². The maximum atomic E-state index is 11.9. The van der Waals surface area contributed by atoms with Crippen LogP contribution in [0.1, 0.15) is 31.4 Å². The first-order valence-electron chi connectivity index (χ1n) is 8.53. The summed E-state index contributed by atoms with van der Waals surface area (Å²) in [6, 6.07) is 17.5. The van der Waals surface area contributed by atoms with Crippen molar-refractivity contribution >= 4 is 5.91 Å². The number of benzene rings is 2. The number of amides is 1. The molecule has 4 nitrogen and oxygen atoms in total. The van der Waals surface area contributed by atoms with E-state index in [0.717, 1.165) is 29.5 Å². The fourth-order valence-electron chi connectivity index (χ4n) is 2.54. The van der Waals surface area contributed by atoms with Gasteiger partial charge in [0.2, 0.25) is 5.91 Å². The Morgan fingerprint density at radius 1 is 1.08 bits per heavy atom. The Hall–Kier alpha value is -2.33. The van der Waals surface area contributed by atoms with Gasteiger partial charge in [-0.05, 0) is 62.1 Å². The molecule has 2 aromatic rings. The summed E-state index contributed by atoms with van der Waals surface area (Å²) < 4.78 is 5.78. The van der Waals surface area contributed by atoms with E-state index in [4.69, 9.17) is 4.74 Å². The summed E-state index contributed by atoms with van der Waals surface area (Å²) in [7, 11) is 0. The van der Waals surface area contributed by atoms with Gasteiger partial charge in [0.25, 0.3) is 0 Å².